The Bertz CT molecular complexity index is 147. The Balaban J connectivity index is 2.13. The zero-order chi connectivity index (χ0) is 10.8. The van der Waals surface area contributed by atoms with Crippen molar-refractivity contribution in [3.05, 3.63) is 12.8 Å². The van der Waals surface area contributed by atoms with Gasteiger partial charge in [0.05, 0.1) is 0 Å². The third-order valence-corrected chi connectivity index (χ3v) is 3.42. The summed E-state index contributed by atoms with van der Waals surface area (Å²) in [7, 11) is 0. The van der Waals surface area contributed by atoms with Gasteiger partial charge in [-0.3, -0.25) is 0 Å². The maximum Gasteiger partial charge on any atom is -0.00686 e. The second kappa shape index (κ2) is 9.33. The molecule has 1 rings (SSSR count). The van der Waals surface area contributed by atoms with Crippen LogP contribution >= 0.6 is 12.2 Å². The molecule has 0 aromatic carbocycles. The van der Waals surface area contributed by atoms with Gasteiger partial charge in [-0.1, -0.05) is 57.2 Å². The lowest BCUT2D eigenvalue weighted by molar-refractivity contribution is 0.614. The van der Waals surface area contributed by atoms with Crippen molar-refractivity contribution >= 4 is 17.1 Å². The molecule has 0 bridgehead atoms. The molecule has 0 heterocycles. The first-order chi connectivity index (χ1) is 7.39. The lowest BCUT2D eigenvalue weighted by Crippen LogP contribution is -1.96. The molecule has 0 aliphatic heterocycles. The van der Waals surface area contributed by atoms with Crippen molar-refractivity contribution in [1.82, 2.24) is 0 Å². The first-order valence-electron chi connectivity index (χ1n) is 6.54. The molecule has 1 saturated carbocycles. The minimum atomic E-state index is 1.08. The van der Waals surface area contributed by atoms with Crippen molar-refractivity contribution in [1.29, 1.82) is 0 Å². The highest BCUT2D eigenvalue weighted by molar-refractivity contribution is 7.80. The summed E-state index contributed by atoms with van der Waals surface area (Å²) >= 11 is 5.35. The summed E-state index contributed by atoms with van der Waals surface area (Å²) in [6.45, 7) is 0. The topological polar surface area (TPSA) is 0 Å². The average molecular weight is 224 g/mol. The predicted molar refractivity (Wildman–Crippen MR) is 72.0 cm³/mol. The van der Waals surface area contributed by atoms with E-state index >= 15 is 0 Å². The Hall–Kier alpha value is 0.0900. The van der Waals surface area contributed by atoms with Crippen LogP contribution in [0.2, 0.25) is 0 Å². The fraction of sp³-hybridized carbons (Fsp3) is 0.786. The minimum absolute atomic E-state index is 1.08. The van der Waals surface area contributed by atoms with Gasteiger partial charge < -0.3 is 0 Å². The minimum Gasteiger partial charge on any atom is -0.0897 e. The molecular weight excluding hydrogens is 200 g/mol. The summed E-state index contributed by atoms with van der Waals surface area (Å²) in [5.41, 5.74) is 0. The van der Waals surface area contributed by atoms with Crippen molar-refractivity contribution in [2.45, 2.75) is 70.6 Å². The highest BCUT2D eigenvalue weighted by Gasteiger charge is 2.00. The second-order valence-corrected chi connectivity index (χ2v) is 5.13. The van der Waals surface area contributed by atoms with Gasteiger partial charge in [-0.05, 0) is 43.4 Å². The van der Waals surface area contributed by atoms with E-state index < -0.39 is 0 Å². The van der Waals surface area contributed by atoms with Crippen molar-refractivity contribution in [2.24, 2.45) is 0 Å². The molecule has 0 amide bonds. The van der Waals surface area contributed by atoms with Crippen LogP contribution in [-0.4, -0.2) is 4.86 Å². The molecule has 1 aliphatic carbocycles. The summed E-state index contributed by atoms with van der Waals surface area (Å²) in [6, 6.07) is 0. The van der Waals surface area contributed by atoms with Gasteiger partial charge in [-0.25, -0.2) is 0 Å². The third-order valence-electron chi connectivity index (χ3n) is 3.05. The third kappa shape index (κ3) is 7.96. The van der Waals surface area contributed by atoms with Crippen LogP contribution in [0, 0.1) is 12.8 Å². The highest BCUT2D eigenvalue weighted by Crippen LogP contribution is 2.14. The quantitative estimate of drug-likeness (QED) is 0.518. The fourth-order valence-corrected chi connectivity index (χ4v) is 2.31. The standard InChI is InChI=1S/C14H24S/c15-14-12-10-8-6-4-2-1-3-5-7-9-11-13-14/h4,11H,1-3,5-10,12-13H2. The van der Waals surface area contributed by atoms with Gasteiger partial charge in [0.25, 0.3) is 0 Å². The number of rotatable bonds is 0. The average Bonchev–Trinajstić information content (AvgIpc) is 2.24. The molecule has 0 unspecified atom stereocenters. The Kier molecular flexibility index (Phi) is 8.18. The normalized spacial score (nSPS) is 23.3. The van der Waals surface area contributed by atoms with E-state index in [1.165, 1.54) is 69.1 Å². The zero-order valence-electron chi connectivity index (χ0n) is 9.84. The zero-order valence-corrected chi connectivity index (χ0v) is 10.7. The molecule has 86 valence electrons. The SMILES string of the molecule is S=C1C[CH]CCCCCC[CH]CCCC1. The molecular formula is C14H24S. The molecule has 0 nitrogen and oxygen atoms in total. The number of hydrogen-bond acceptors (Lipinski definition) is 1. The summed E-state index contributed by atoms with van der Waals surface area (Å²) in [6.07, 6.45) is 19.2. The van der Waals surface area contributed by atoms with Crippen molar-refractivity contribution < 1.29 is 0 Å². The van der Waals surface area contributed by atoms with Crippen LogP contribution in [0.3, 0.4) is 0 Å². The van der Waals surface area contributed by atoms with Gasteiger partial charge in [0, 0.05) is 0 Å². The van der Waals surface area contributed by atoms with Crippen LogP contribution in [0.15, 0.2) is 0 Å². The number of hydrogen-bond donors (Lipinski definition) is 0. The van der Waals surface area contributed by atoms with E-state index in [-0.39, 0.29) is 0 Å². The number of thiocarbonyl (C=S) groups is 1. The highest BCUT2D eigenvalue weighted by atomic mass is 32.1. The van der Waals surface area contributed by atoms with E-state index in [0.717, 1.165) is 6.42 Å². The fourth-order valence-electron chi connectivity index (χ4n) is 2.05. The van der Waals surface area contributed by atoms with Gasteiger partial charge >= 0.3 is 0 Å². The molecule has 0 N–H and O–H groups in total. The summed E-state index contributed by atoms with van der Waals surface area (Å²) in [4.78, 5) is 1.27. The van der Waals surface area contributed by atoms with Crippen LogP contribution in [0.25, 0.3) is 0 Å². The van der Waals surface area contributed by atoms with Gasteiger partial charge in [0.15, 0.2) is 0 Å². The van der Waals surface area contributed by atoms with E-state index in [9.17, 15) is 0 Å². The lowest BCUT2D eigenvalue weighted by Gasteiger charge is -2.06. The molecule has 0 spiro atoms. The van der Waals surface area contributed by atoms with Crippen LogP contribution in [0.1, 0.15) is 70.6 Å². The maximum absolute atomic E-state index is 5.35. The first-order valence-corrected chi connectivity index (χ1v) is 6.95. The van der Waals surface area contributed by atoms with Gasteiger partial charge in [0.2, 0.25) is 0 Å². The van der Waals surface area contributed by atoms with Gasteiger partial charge in [-0.2, -0.15) is 0 Å². The van der Waals surface area contributed by atoms with E-state index in [1.54, 1.807) is 0 Å². The molecule has 1 fully saturated rings. The Morgan fingerprint density at radius 2 is 1.33 bits per heavy atom. The molecule has 0 aromatic rings. The van der Waals surface area contributed by atoms with E-state index in [0.29, 0.717) is 0 Å². The molecule has 2 radical (unpaired) electrons. The molecule has 1 heteroatoms. The Labute approximate surface area is 101 Å². The van der Waals surface area contributed by atoms with Gasteiger partial charge in [-0.15, -0.1) is 0 Å². The summed E-state index contributed by atoms with van der Waals surface area (Å²) in [5, 5.41) is 0. The molecule has 0 aromatic heterocycles. The van der Waals surface area contributed by atoms with Crippen LogP contribution in [0.5, 0.6) is 0 Å². The Morgan fingerprint density at radius 1 is 0.733 bits per heavy atom. The molecule has 0 atom stereocenters. The van der Waals surface area contributed by atoms with E-state index in [4.69, 9.17) is 12.2 Å². The van der Waals surface area contributed by atoms with Crippen LogP contribution in [0.4, 0.5) is 0 Å². The monoisotopic (exact) mass is 224 g/mol. The lowest BCUT2D eigenvalue weighted by atomic mass is 10.0. The summed E-state index contributed by atoms with van der Waals surface area (Å²) < 4.78 is 0. The van der Waals surface area contributed by atoms with Crippen LogP contribution in [-0.2, 0) is 0 Å². The molecule has 0 saturated heterocycles. The predicted octanol–water partition coefficient (Wildman–Crippen LogP) is 5.07. The first kappa shape index (κ1) is 13.2. The maximum atomic E-state index is 5.35. The largest absolute Gasteiger partial charge is 0.0897 e. The summed E-state index contributed by atoms with van der Waals surface area (Å²) in [5.74, 6) is 0. The van der Waals surface area contributed by atoms with E-state index in [2.05, 4.69) is 12.8 Å². The second-order valence-electron chi connectivity index (χ2n) is 4.56. The smallest absolute Gasteiger partial charge is 0.00686 e. The van der Waals surface area contributed by atoms with Crippen molar-refractivity contribution in [3.8, 4) is 0 Å². The Morgan fingerprint density at radius 3 is 2.07 bits per heavy atom. The molecule has 1 aliphatic rings. The van der Waals surface area contributed by atoms with Crippen molar-refractivity contribution in [2.75, 3.05) is 0 Å². The molecule has 15 heavy (non-hydrogen) atoms. The van der Waals surface area contributed by atoms with Crippen LogP contribution < -0.4 is 0 Å². The van der Waals surface area contributed by atoms with Gasteiger partial charge in [0.1, 0.15) is 0 Å². The van der Waals surface area contributed by atoms with E-state index in [1.807, 2.05) is 0 Å². The van der Waals surface area contributed by atoms with Crippen molar-refractivity contribution in [3.63, 3.8) is 0 Å².